The minimum atomic E-state index is -1.24. The summed E-state index contributed by atoms with van der Waals surface area (Å²) in [5.41, 5.74) is 10.3. The van der Waals surface area contributed by atoms with Gasteiger partial charge in [-0.2, -0.15) is 0 Å². The van der Waals surface area contributed by atoms with Crippen LogP contribution >= 0.6 is 24.8 Å². The van der Waals surface area contributed by atoms with Crippen LogP contribution in [0.3, 0.4) is 0 Å². The number of hydrogen-bond acceptors (Lipinski definition) is 18. The molecule has 6 saturated heterocycles. The number of carboxylic acid groups (broad SMARTS) is 2. The monoisotopic (exact) mass is 1790 g/mol. The highest BCUT2D eigenvalue weighted by Gasteiger charge is 2.49. The van der Waals surface area contributed by atoms with Crippen molar-refractivity contribution < 1.29 is 48.5 Å². The van der Waals surface area contributed by atoms with Gasteiger partial charge < -0.3 is 49.8 Å². The number of para-hydroxylation sites is 6. The maximum absolute atomic E-state index is 14.1. The minimum Gasteiger partial charge on any atom is -0.480 e. The van der Waals surface area contributed by atoms with E-state index in [1.54, 1.807) is 15.2 Å². The predicted octanol–water partition coefficient (Wildman–Crippen LogP) is 16.2. The van der Waals surface area contributed by atoms with Gasteiger partial charge in [-0.15, -0.1) is 24.8 Å². The van der Waals surface area contributed by atoms with Crippen molar-refractivity contribution in [1.82, 2.24) is 54.0 Å². The number of nitrogens with two attached hydrogens (primary N) is 1. The number of aromatic carboxylic acids is 1. The van der Waals surface area contributed by atoms with Crippen molar-refractivity contribution in [3.8, 4) is 0 Å². The number of hydrogen-bond donors (Lipinski definition) is 5. The molecular weight excluding hydrogens is 1660 g/mol. The first kappa shape index (κ1) is 95.6. The molecule has 3 aliphatic carbocycles. The second kappa shape index (κ2) is 45.5. The summed E-state index contributed by atoms with van der Waals surface area (Å²) in [5, 5.41) is 24.7. The van der Waals surface area contributed by atoms with Crippen molar-refractivity contribution in [1.29, 1.82) is 0 Å². The number of piperidine rings is 3. The smallest absolute Gasteiger partial charge is 0.360 e. The van der Waals surface area contributed by atoms with Crippen LogP contribution in [0.25, 0.3) is 33.1 Å². The molecule has 6 aromatic carbocycles. The molecule has 12 atom stereocenters. The van der Waals surface area contributed by atoms with Crippen LogP contribution in [0.4, 0.5) is 0 Å². The lowest BCUT2D eigenvalue weighted by Gasteiger charge is -2.45. The summed E-state index contributed by atoms with van der Waals surface area (Å²) in [7, 11) is 2.64. The topological polar surface area (TPSA) is 326 Å². The Morgan fingerprint density at radius 2 is 0.609 bits per heavy atom. The molecule has 27 heteroatoms. The van der Waals surface area contributed by atoms with E-state index >= 15 is 0 Å². The maximum atomic E-state index is 14.1. The lowest BCUT2D eigenvalue weighted by molar-refractivity contribution is -0.143. The molecule has 9 aliphatic rings. The summed E-state index contributed by atoms with van der Waals surface area (Å²) in [6.07, 6.45) is 41.2. The Bertz CT molecular complexity index is 5390. The van der Waals surface area contributed by atoms with Gasteiger partial charge >= 0.3 is 23.9 Å². The number of aromatic nitrogens is 6. The third kappa shape index (κ3) is 22.7. The van der Waals surface area contributed by atoms with Gasteiger partial charge in [-0.3, -0.25) is 43.5 Å². The number of esters is 2. The number of amides is 2. The molecule has 2 amide bonds. The molecule has 0 spiro atoms. The SMILES string of the molecule is COC(=O)C(Cc1ccccc1)NC(=O)c1nc2ccccc2n(C2C[C@H]3CC[C@@H](C2)N3C2CCCCCCC2)c1=O.COC(=O)C(N)Cc1ccccc1.Cl.Cl.O=C(NC(Cc1ccccc1)C(=O)O)c1nc2ccccc2n(C2C[C@H]3CC[C@@H](C2)N3C2CCCCCCC2)c1=O.O=C(O)c1nc2ccccc2n(C2C[C@H]3CC[C@@H](C2)N3C2CCCCCCC2)c1=O. The number of rotatable bonds is 20. The highest BCUT2D eigenvalue weighted by Crippen LogP contribution is 2.48. The van der Waals surface area contributed by atoms with Crippen LogP contribution in [0.2, 0.25) is 0 Å². The van der Waals surface area contributed by atoms with Crippen molar-refractivity contribution in [2.24, 2.45) is 5.73 Å². The molecule has 25 nitrogen and oxygen atoms in total. The van der Waals surface area contributed by atoms with Gasteiger partial charge in [0.15, 0.2) is 11.4 Å². The third-order valence-electron chi connectivity index (χ3n) is 28.7. The first-order valence-electron chi connectivity index (χ1n) is 46.9. The summed E-state index contributed by atoms with van der Waals surface area (Å²) in [4.78, 5) is 137. The quantitative estimate of drug-likeness (QED) is 0.0443. The maximum Gasteiger partial charge on any atom is 0.360 e. The van der Waals surface area contributed by atoms with Gasteiger partial charge in [-0.25, -0.2) is 29.3 Å². The highest BCUT2D eigenvalue weighted by atomic mass is 35.5. The molecular formula is C101H128Cl2N12O13. The number of carbonyl (C=O) groups is 6. The molecule has 6 bridgehead atoms. The van der Waals surface area contributed by atoms with E-state index in [9.17, 15) is 53.4 Å². The lowest BCUT2D eigenvalue weighted by Crippen LogP contribution is -2.51. The molecule has 128 heavy (non-hydrogen) atoms. The molecule has 18 rings (SSSR count). The fraction of sp³-hybridized carbons (Fsp3) is 0.525. The zero-order valence-electron chi connectivity index (χ0n) is 74.0. The number of carbonyl (C=O) groups excluding carboxylic acids is 4. The molecule has 9 heterocycles. The molecule has 6 N–H and O–H groups in total. The van der Waals surface area contributed by atoms with E-state index in [1.165, 1.54) is 175 Å². The molecule has 0 radical (unpaired) electrons. The fourth-order valence-corrected chi connectivity index (χ4v) is 22.9. The van der Waals surface area contributed by atoms with Crippen molar-refractivity contribution in [3.63, 3.8) is 0 Å². The Morgan fingerprint density at radius 3 is 0.914 bits per heavy atom. The first-order valence-corrected chi connectivity index (χ1v) is 46.9. The molecule has 6 unspecified atom stereocenters. The van der Waals surface area contributed by atoms with Gasteiger partial charge in [-0.05, 0) is 175 Å². The summed E-state index contributed by atoms with van der Waals surface area (Å²) >= 11 is 0. The normalized spacial score (nSPS) is 23.6. The Labute approximate surface area is 762 Å². The molecule has 684 valence electrons. The molecule has 3 saturated carbocycles. The van der Waals surface area contributed by atoms with E-state index in [0.29, 0.717) is 77.3 Å². The standard InChI is InChI=1S/C34H42N4O4.C33H40N4O4.C24H31N3O3.C10H13NO2.2ClH/c1-42-34(41)29(20-23-12-6-5-7-13-23)36-32(39)31-33(40)38(30-17-11-10-16-28(30)35-31)27-21-25-18-19-26(22-27)37(25)24-14-8-3-2-4-9-15-24;38-31(35-28(33(40)41)19-22-11-5-4-6-12-22)30-32(39)37(29-16-10-9-15-27(29)34-30)26-20-24-17-18-25(21-26)36(24)23-13-7-2-1-3-8-14-23;28-23-22(24(29)30)25-20-10-6-7-11-21(20)27(23)19-14-17-12-13-18(15-19)26(17)16-8-4-2-1-3-5-9-16;1-13-10(12)9(11)7-8-5-3-2-4-6-8;;/h5-7,10-13,16-17,24-27,29H,2-4,8-9,14-15,18-22H2,1H3,(H,36,39);4-6,9-12,15-16,23-26,28H,1-3,7-8,13-14,17-21H2,(H,35,38)(H,40,41);6-7,10-11,16-19H,1-5,8-9,12-15H2,(H,29,30);2-6,9H,7,11H2,1H3;2*1H/t25-,26+,27?,29?;24-,25+,26?,28?;17-,18+,19?;;;. The third-order valence-corrected chi connectivity index (χ3v) is 28.7. The van der Waals surface area contributed by atoms with Gasteiger partial charge in [0.25, 0.3) is 28.5 Å². The summed E-state index contributed by atoms with van der Waals surface area (Å²) < 4.78 is 14.9. The Morgan fingerprint density at radius 1 is 0.344 bits per heavy atom. The van der Waals surface area contributed by atoms with Crippen molar-refractivity contribution in [2.75, 3.05) is 14.2 Å². The largest absolute Gasteiger partial charge is 0.480 e. The highest BCUT2D eigenvalue weighted by molar-refractivity contribution is 5.97. The zero-order chi connectivity index (χ0) is 87.7. The average molecular weight is 1790 g/mol. The number of carboxylic acids is 2. The molecule has 9 aromatic rings. The van der Waals surface area contributed by atoms with Gasteiger partial charge in [0.05, 0.1) is 47.3 Å². The zero-order valence-corrected chi connectivity index (χ0v) is 75.6. The van der Waals surface area contributed by atoms with Crippen LogP contribution in [0.15, 0.2) is 178 Å². The van der Waals surface area contributed by atoms with Crippen LogP contribution in [0.1, 0.15) is 278 Å². The van der Waals surface area contributed by atoms with Crippen molar-refractivity contribution in [2.45, 2.75) is 322 Å². The van der Waals surface area contributed by atoms with E-state index < -0.39 is 64.5 Å². The Balaban J connectivity index is 0.000000154. The van der Waals surface area contributed by atoms with Crippen LogP contribution in [-0.4, -0.2) is 176 Å². The summed E-state index contributed by atoms with van der Waals surface area (Å²) in [6.45, 7) is 0. The number of aliphatic carboxylic acids is 1. The number of nitrogens with zero attached hydrogens (tertiary/aromatic N) is 9. The van der Waals surface area contributed by atoms with Gasteiger partial charge in [-0.1, -0.05) is 224 Å². The number of halogens is 2. The lowest BCUT2D eigenvalue weighted by atomic mass is 9.89. The minimum absolute atomic E-state index is 0. The van der Waals surface area contributed by atoms with E-state index in [0.717, 1.165) is 84.6 Å². The van der Waals surface area contributed by atoms with Gasteiger partial charge in [0.1, 0.15) is 18.1 Å². The fourth-order valence-electron chi connectivity index (χ4n) is 22.9. The second-order valence-corrected chi connectivity index (χ2v) is 36.7. The summed E-state index contributed by atoms with van der Waals surface area (Å²) in [6, 6.07) is 52.9. The van der Waals surface area contributed by atoms with E-state index in [4.69, 9.17) is 10.5 Å². The number of benzene rings is 6. The number of nitrogens with one attached hydrogen (secondary N) is 2. The second-order valence-electron chi connectivity index (χ2n) is 36.7. The van der Waals surface area contributed by atoms with Crippen LogP contribution in [0.5, 0.6) is 0 Å². The Hall–Kier alpha value is -10.0. The van der Waals surface area contributed by atoms with Crippen molar-refractivity contribution >= 4 is 93.6 Å². The number of fused-ring (bicyclic) bond motifs is 9. The molecule has 3 aromatic heterocycles. The summed E-state index contributed by atoms with van der Waals surface area (Å²) in [5.74, 6) is -4.72. The average Bonchev–Trinajstić information content (AvgIpc) is 1.14. The van der Waals surface area contributed by atoms with Crippen LogP contribution < -0.4 is 33.0 Å². The predicted molar refractivity (Wildman–Crippen MR) is 501 cm³/mol. The van der Waals surface area contributed by atoms with Crippen LogP contribution in [0, 0.1) is 0 Å². The number of ether oxygens (including phenoxy) is 2. The van der Waals surface area contributed by atoms with Crippen LogP contribution in [-0.2, 0) is 43.1 Å². The van der Waals surface area contributed by atoms with Crippen molar-refractivity contribution in [3.05, 3.63) is 229 Å². The molecule has 9 fully saturated rings. The van der Waals surface area contributed by atoms with E-state index in [1.807, 2.05) is 162 Å². The van der Waals surface area contributed by atoms with Gasteiger partial charge in [0.2, 0.25) is 5.69 Å². The van der Waals surface area contributed by atoms with Gasteiger partial charge in [0, 0.05) is 85.3 Å². The first-order chi connectivity index (χ1) is 61.4. The molecule has 6 aliphatic heterocycles. The van der Waals surface area contributed by atoms with E-state index in [2.05, 4.69) is 45.0 Å². The number of methoxy groups -OCH3 is 2. The Kier molecular flexibility index (Phi) is 34.0. The van der Waals surface area contributed by atoms with E-state index in [-0.39, 0.29) is 78.8 Å².